The van der Waals surface area contributed by atoms with E-state index in [0.717, 1.165) is 5.56 Å². The van der Waals surface area contributed by atoms with Gasteiger partial charge < -0.3 is 10.8 Å². The van der Waals surface area contributed by atoms with Gasteiger partial charge in [-0.05, 0) is 25.5 Å². The zero-order valence-electron chi connectivity index (χ0n) is 8.09. The van der Waals surface area contributed by atoms with Crippen molar-refractivity contribution in [2.24, 2.45) is 5.73 Å². The van der Waals surface area contributed by atoms with Crippen LogP contribution in [-0.4, -0.2) is 11.1 Å². The molecule has 2 amide bonds. The third-order valence-electron chi connectivity index (χ3n) is 1.95. The van der Waals surface area contributed by atoms with E-state index in [1.54, 1.807) is 26.0 Å². The number of anilines is 1. The molecule has 0 aliphatic heterocycles. The maximum absolute atomic E-state index is 10.4. The van der Waals surface area contributed by atoms with Gasteiger partial charge in [-0.3, -0.25) is 10.9 Å². The lowest BCUT2D eigenvalue weighted by Crippen LogP contribution is -2.34. The first-order valence-electron chi connectivity index (χ1n) is 4.13. The van der Waals surface area contributed by atoms with E-state index in [4.69, 9.17) is 5.73 Å². The number of urea groups is 1. The number of carbonyl (C=O) groups excluding carboxylic acids is 1. The zero-order valence-corrected chi connectivity index (χ0v) is 8.09. The van der Waals surface area contributed by atoms with Crippen LogP contribution in [0.3, 0.4) is 0 Å². The minimum Gasteiger partial charge on any atom is -0.507 e. The first kappa shape index (κ1) is 10.2. The van der Waals surface area contributed by atoms with Crippen molar-refractivity contribution in [3.63, 3.8) is 0 Å². The van der Waals surface area contributed by atoms with Gasteiger partial charge in [0.1, 0.15) is 5.75 Å². The molecule has 76 valence electrons. The Morgan fingerprint density at radius 2 is 2.07 bits per heavy atom. The molecule has 0 saturated heterocycles. The second-order valence-electron chi connectivity index (χ2n) is 3.02. The number of hydrogen-bond donors (Lipinski definition) is 4. The molecule has 1 rings (SSSR count). The molecule has 5 heteroatoms. The summed E-state index contributed by atoms with van der Waals surface area (Å²) >= 11 is 0. The highest BCUT2D eigenvalue weighted by molar-refractivity contribution is 5.74. The van der Waals surface area contributed by atoms with Crippen LogP contribution in [0.15, 0.2) is 12.1 Å². The van der Waals surface area contributed by atoms with E-state index >= 15 is 0 Å². The minimum absolute atomic E-state index is 0.210. The fourth-order valence-corrected chi connectivity index (χ4v) is 1.10. The van der Waals surface area contributed by atoms with Crippen LogP contribution in [0, 0.1) is 13.8 Å². The average molecular weight is 195 g/mol. The Morgan fingerprint density at radius 1 is 1.43 bits per heavy atom. The number of carbonyl (C=O) groups is 1. The number of nitrogens with one attached hydrogen (secondary N) is 2. The van der Waals surface area contributed by atoms with Gasteiger partial charge in [-0.2, -0.15) is 0 Å². The Hall–Kier alpha value is -1.91. The molecule has 1 aromatic rings. The predicted molar refractivity (Wildman–Crippen MR) is 53.9 cm³/mol. The van der Waals surface area contributed by atoms with Crippen LogP contribution < -0.4 is 16.6 Å². The number of primary amides is 1. The number of rotatable bonds is 2. The summed E-state index contributed by atoms with van der Waals surface area (Å²) in [4.78, 5) is 10.4. The molecule has 0 bridgehead atoms. The molecule has 1 aromatic carbocycles. The second kappa shape index (κ2) is 3.87. The maximum atomic E-state index is 10.4. The van der Waals surface area contributed by atoms with Crippen LogP contribution in [0.4, 0.5) is 10.5 Å². The van der Waals surface area contributed by atoms with E-state index < -0.39 is 6.03 Å². The molecular weight excluding hydrogens is 182 g/mol. The van der Waals surface area contributed by atoms with Crippen LogP contribution in [-0.2, 0) is 0 Å². The lowest BCUT2D eigenvalue weighted by atomic mass is 10.1. The number of aromatic hydroxyl groups is 1. The monoisotopic (exact) mass is 195 g/mol. The fraction of sp³-hybridized carbons (Fsp3) is 0.222. The average Bonchev–Trinajstić information content (AvgIpc) is 2.13. The number of phenols is 1. The van der Waals surface area contributed by atoms with E-state index in [1.165, 1.54) is 0 Å². The Labute approximate surface area is 81.9 Å². The predicted octanol–water partition coefficient (Wildman–Crippen LogP) is 1.00. The third-order valence-corrected chi connectivity index (χ3v) is 1.95. The molecule has 0 saturated carbocycles. The first-order valence-corrected chi connectivity index (χ1v) is 4.13. The number of aryl methyl sites for hydroxylation is 1. The molecule has 0 aliphatic carbocycles. The van der Waals surface area contributed by atoms with Crippen molar-refractivity contribution in [3.8, 4) is 5.75 Å². The van der Waals surface area contributed by atoms with E-state index in [2.05, 4.69) is 10.9 Å². The molecule has 0 aromatic heterocycles. The molecule has 0 atom stereocenters. The summed E-state index contributed by atoms with van der Waals surface area (Å²) in [7, 11) is 0. The summed E-state index contributed by atoms with van der Waals surface area (Å²) in [6.07, 6.45) is 0. The minimum atomic E-state index is -0.676. The number of nitrogens with two attached hydrogens (primary N) is 1. The van der Waals surface area contributed by atoms with Crippen molar-refractivity contribution >= 4 is 11.7 Å². The highest BCUT2D eigenvalue weighted by atomic mass is 16.3. The van der Waals surface area contributed by atoms with Crippen molar-refractivity contribution in [1.29, 1.82) is 0 Å². The number of phenolic OH excluding ortho intramolecular Hbond substituents is 1. The maximum Gasteiger partial charge on any atom is 0.330 e. The lowest BCUT2D eigenvalue weighted by molar-refractivity contribution is 0.250. The van der Waals surface area contributed by atoms with Gasteiger partial charge in [0.2, 0.25) is 0 Å². The summed E-state index contributed by atoms with van der Waals surface area (Å²) in [5.74, 6) is 0.210. The van der Waals surface area contributed by atoms with Gasteiger partial charge in [0, 0.05) is 5.56 Å². The van der Waals surface area contributed by atoms with Crippen LogP contribution >= 0.6 is 0 Å². The first-order chi connectivity index (χ1) is 6.52. The largest absolute Gasteiger partial charge is 0.507 e. The van der Waals surface area contributed by atoms with Crippen molar-refractivity contribution in [2.45, 2.75) is 13.8 Å². The van der Waals surface area contributed by atoms with Crippen molar-refractivity contribution in [1.82, 2.24) is 5.43 Å². The summed E-state index contributed by atoms with van der Waals surface area (Å²) in [6, 6.07) is 2.82. The van der Waals surface area contributed by atoms with E-state index in [-0.39, 0.29) is 5.75 Å². The SMILES string of the molecule is Cc1ccc(NNC(N)=O)c(C)c1O. The highest BCUT2D eigenvalue weighted by Crippen LogP contribution is 2.27. The fourth-order valence-electron chi connectivity index (χ4n) is 1.10. The second-order valence-corrected chi connectivity index (χ2v) is 3.02. The number of benzene rings is 1. The number of hydrazine groups is 1. The molecule has 0 aliphatic rings. The quantitative estimate of drug-likeness (QED) is 0.531. The van der Waals surface area contributed by atoms with Crippen LogP contribution in [0.1, 0.15) is 11.1 Å². The molecule has 5 N–H and O–H groups in total. The van der Waals surface area contributed by atoms with Gasteiger partial charge in [0.15, 0.2) is 0 Å². The Morgan fingerprint density at radius 3 is 2.64 bits per heavy atom. The number of amides is 2. The van der Waals surface area contributed by atoms with E-state index in [0.29, 0.717) is 11.3 Å². The van der Waals surface area contributed by atoms with Gasteiger partial charge in [-0.1, -0.05) is 6.07 Å². The Kier molecular flexibility index (Phi) is 2.81. The summed E-state index contributed by atoms with van der Waals surface area (Å²) in [5.41, 5.74) is 11.8. The molecule has 14 heavy (non-hydrogen) atoms. The van der Waals surface area contributed by atoms with Gasteiger partial charge in [-0.15, -0.1) is 0 Å². The molecule has 5 nitrogen and oxygen atoms in total. The third kappa shape index (κ3) is 2.07. The van der Waals surface area contributed by atoms with Gasteiger partial charge in [0.25, 0.3) is 0 Å². The molecule has 0 unspecified atom stereocenters. The smallest absolute Gasteiger partial charge is 0.330 e. The Bertz CT molecular complexity index is 363. The number of hydrogen-bond acceptors (Lipinski definition) is 3. The van der Waals surface area contributed by atoms with Crippen LogP contribution in [0.5, 0.6) is 5.75 Å². The summed E-state index contributed by atoms with van der Waals surface area (Å²) in [5, 5.41) is 9.57. The van der Waals surface area contributed by atoms with Crippen LogP contribution in [0.2, 0.25) is 0 Å². The molecular formula is C9H13N3O2. The molecule has 0 heterocycles. The van der Waals surface area contributed by atoms with E-state index in [1.807, 2.05) is 0 Å². The Balaban J connectivity index is 2.88. The molecule has 0 spiro atoms. The normalized spacial score (nSPS) is 9.57. The van der Waals surface area contributed by atoms with Crippen LogP contribution in [0.25, 0.3) is 0 Å². The van der Waals surface area contributed by atoms with E-state index in [9.17, 15) is 9.90 Å². The van der Waals surface area contributed by atoms with Gasteiger partial charge in [-0.25, -0.2) is 4.79 Å². The molecule has 0 radical (unpaired) electrons. The molecule has 0 fully saturated rings. The summed E-state index contributed by atoms with van der Waals surface area (Å²) in [6.45, 7) is 3.54. The topological polar surface area (TPSA) is 87.4 Å². The lowest BCUT2D eigenvalue weighted by Gasteiger charge is -2.11. The summed E-state index contributed by atoms with van der Waals surface area (Å²) < 4.78 is 0. The van der Waals surface area contributed by atoms with Crippen molar-refractivity contribution in [3.05, 3.63) is 23.3 Å². The van der Waals surface area contributed by atoms with Gasteiger partial charge >= 0.3 is 6.03 Å². The van der Waals surface area contributed by atoms with Crippen molar-refractivity contribution in [2.75, 3.05) is 5.43 Å². The standard InChI is InChI=1S/C9H13N3O2/c1-5-3-4-7(6(2)8(5)13)11-12-9(10)14/h3-4,11,13H,1-2H3,(H3,10,12,14). The van der Waals surface area contributed by atoms with Crippen molar-refractivity contribution < 1.29 is 9.90 Å². The van der Waals surface area contributed by atoms with Gasteiger partial charge in [0.05, 0.1) is 5.69 Å². The zero-order chi connectivity index (χ0) is 10.7. The highest BCUT2D eigenvalue weighted by Gasteiger charge is 2.05.